The Kier molecular flexibility index (Phi) is 8.66. The average molecular weight is 531 g/mol. The molecule has 0 saturated heterocycles. The molecule has 4 rings (SSSR count). The molecule has 0 N–H and O–H groups in total. The number of hydrogen-bond acceptors (Lipinski definition) is 3. The van der Waals surface area contributed by atoms with E-state index in [1.807, 2.05) is 0 Å². The Morgan fingerprint density at radius 3 is 1.14 bits per heavy atom. The lowest BCUT2D eigenvalue weighted by Crippen LogP contribution is -2.05. The molecule has 36 heavy (non-hydrogen) atoms. The number of benzene rings is 4. The minimum atomic E-state index is -4.68. The van der Waals surface area contributed by atoms with Crippen molar-refractivity contribution in [2.24, 2.45) is 0 Å². The van der Waals surface area contributed by atoms with Gasteiger partial charge in [-0.05, 0) is 81.4 Å². The van der Waals surface area contributed by atoms with Crippen molar-refractivity contribution in [3.63, 3.8) is 0 Å². The highest BCUT2D eigenvalue weighted by Crippen LogP contribution is 2.32. The van der Waals surface area contributed by atoms with Crippen LogP contribution in [0, 0.1) is 20.8 Å². The highest BCUT2D eigenvalue weighted by atomic mass is 32.2. The van der Waals surface area contributed by atoms with Crippen molar-refractivity contribution in [2.75, 3.05) is 0 Å². The highest BCUT2D eigenvalue weighted by molar-refractivity contribution is 7.97. The molecular formula is C28H25F3O3S2. The first kappa shape index (κ1) is 27.5. The van der Waals surface area contributed by atoms with Crippen LogP contribution in [0.2, 0.25) is 0 Å². The van der Waals surface area contributed by atoms with Gasteiger partial charge in [0.1, 0.15) is 10.1 Å². The fourth-order valence-electron chi connectivity index (χ4n) is 3.24. The van der Waals surface area contributed by atoms with Crippen LogP contribution < -0.4 is 0 Å². The molecule has 0 spiro atoms. The van der Waals surface area contributed by atoms with Gasteiger partial charge in [0.2, 0.25) is 0 Å². The van der Waals surface area contributed by atoms with Crippen LogP contribution in [0.25, 0.3) is 0 Å². The van der Waals surface area contributed by atoms with Crippen molar-refractivity contribution in [2.45, 2.75) is 46.5 Å². The maximum absolute atomic E-state index is 12.0. The van der Waals surface area contributed by atoms with E-state index in [-0.39, 0.29) is 10.9 Å². The molecule has 0 radical (unpaired) electrons. The molecule has 0 saturated carbocycles. The summed E-state index contributed by atoms with van der Waals surface area (Å²) in [4.78, 5) is 3.44. The number of rotatable bonds is 4. The van der Waals surface area contributed by atoms with Crippen LogP contribution in [0.1, 0.15) is 22.3 Å². The second-order valence-corrected chi connectivity index (χ2v) is 11.6. The summed E-state index contributed by atoms with van der Waals surface area (Å²) in [5.41, 5.74) is 2.92. The number of aryl methyl sites for hydroxylation is 3. The molecule has 4 aromatic carbocycles. The van der Waals surface area contributed by atoms with Crippen molar-refractivity contribution in [3.05, 3.63) is 119 Å². The summed E-state index contributed by atoms with van der Waals surface area (Å²) in [5, 5.41) is 0. The lowest BCUT2D eigenvalue weighted by atomic mass is 10.2. The van der Waals surface area contributed by atoms with Gasteiger partial charge in [0.15, 0.2) is 14.7 Å². The lowest BCUT2D eigenvalue weighted by molar-refractivity contribution is -0.137. The first-order valence-electron chi connectivity index (χ1n) is 10.9. The van der Waals surface area contributed by atoms with Crippen molar-refractivity contribution in [1.29, 1.82) is 0 Å². The molecule has 4 aromatic rings. The van der Waals surface area contributed by atoms with Crippen molar-refractivity contribution >= 4 is 21.0 Å². The summed E-state index contributed by atoms with van der Waals surface area (Å²) in [7, 11) is -4.72. The van der Waals surface area contributed by atoms with Gasteiger partial charge in [0.05, 0.1) is 21.4 Å². The minimum absolute atomic E-state index is 0.0394. The van der Waals surface area contributed by atoms with E-state index in [4.69, 9.17) is 0 Å². The van der Waals surface area contributed by atoms with Gasteiger partial charge in [0.25, 0.3) is 0 Å². The van der Waals surface area contributed by atoms with E-state index < -0.39 is 26.8 Å². The largest absolute Gasteiger partial charge is 0.744 e. The second-order valence-electron chi connectivity index (χ2n) is 8.22. The van der Waals surface area contributed by atoms with E-state index in [2.05, 4.69) is 93.6 Å². The van der Waals surface area contributed by atoms with Gasteiger partial charge in [-0.2, -0.15) is 13.2 Å². The van der Waals surface area contributed by atoms with Gasteiger partial charge in [-0.25, -0.2) is 8.42 Å². The fraction of sp³-hybridized carbons (Fsp3) is 0.143. The van der Waals surface area contributed by atoms with Gasteiger partial charge in [-0.3, -0.25) is 0 Å². The van der Waals surface area contributed by atoms with Gasteiger partial charge < -0.3 is 4.55 Å². The molecule has 188 valence electrons. The Hall–Kier alpha value is -3.07. The lowest BCUT2D eigenvalue weighted by Gasteiger charge is -2.09. The third-order valence-electron chi connectivity index (χ3n) is 5.24. The monoisotopic (exact) mass is 530 g/mol. The van der Waals surface area contributed by atoms with Crippen LogP contribution >= 0.6 is 0 Å². The van der Waals surface area contributed by atoms with Crippen LogP contribution in [0.5, 0.6) is 0 Å². The number of alkyl halides is 3. The van der Waals surface area contributed by atoms with Crippen LogP contribution in [-0.4, -0.2) is 13.0 Å². The maximum Gasteiger partial charge on any atom is 0.416 e. The molecule has 0 aromatic heterocycles. The van der Waals surface area contributed by atoms with Gasteiger partial charge in [-0.1, -0.05) is 53.1 Å². The SMILES string of the molecule is Cc1ccc([S+](c2ccc(C)cc2)c2ccc(C)cc2)cc1.O=S(=O)([O-])c1ccc(C(F)(F)F)cc1. The number of hydrogen-bond donors (Lipinski definition) is 0. The number of halogens is 3. The summed E-state index contributed by atoms with van der Waals surface area (Å²) in [6.45, 7) is 6.42. The maximum atomic E-state index is 12.0. The Morgan fingerprint density at radius 1 is 0.583 bits per heavy atom. The molecule has 0 bridgehead atoms. The molecule has 0 aliphatic carbocycles. The Morgan fingerprint density at radius 2 is 0.889 bits per heavy atom. The molecule has 0 heterocycles. The van der Waals surface area contributed by atoms with Crippen LogP contribution in [0.4, 0.5) is 13.2 Å². The van der Waals surface area contributed by atoms with Crippen LogP contribution in [0.15, 0.2) is 117 Å². The van der Waals surface area contributed by atoms with Crippen molar-refractivity contribution in [3.8, 4) is 0 Å². The first-order chi connectivity index (χ1) is 16.8. The molecule has 0 unspecified atom stereocenters. The van der Waals surface area contributed by atoms with Gasteiger partial charge in [-0.15, -0.1) is 0 Å². The van der Waals surface area contributed by atoms with E-state index in [1.165, 1.54) is 31.4 Å². The first-order valence-corrected chi connectivity index (χ1v) is 13.6. The topological polar surface area (TPSA) is 57.2 Å². The standard InChI is InChI=1S/C21H21S.C7H5F3O3S/c1-16-4-10-19(11-5-16)22(20-12-6-17(2)7-13-20)21-14-8-18(3)9-15-21;8-7(9,10)5-1-3-6(4-2-5)14(11,12)13/h4-15H,1-3H3;1-4H,(H,11,12,13)/q+1;/p-1. The van der Waals surface area contributed by atoms with Gasteiger partial charge in [0, 0.05) is 0 Å². The molecule has 3 nitrogen and oxygen atoms in total. The molecule has 0 atom stereocenters. The van der Waals surface area contributed by atoms with Crippen LogP contribution in [-0.2, 0) is 27.2 Å². The molecule has 0 aliphatic rings. The second kappa shape index (κ2) is 11.3. The Balaban J connectivity index is 0.000000223. The third-order valence-corrected chi connectivity index (χ3v) is 8.32. The average Bonchev–Trinajstić information content (AvgIpc) is 2.82. The predicted molar refractivity (Wildman–Crippen MR) is 135 cm³/mol. The normalized spacial score (nSPS) is 11.7. The minimum Gasteiger partial charge on any atom is -0.744 e. The summed E-state index contributed by atoms with van der Waals surface area (Å²) in [6.07, 6.45) is -4.54. The summed E-state index contributed by atoms with van der Waals surface area (Å²) < 4.78 is 67.0. The third kappa shape index (κ3) is 7.46. The zero-order chi connectivity index (χ0) is 26.5. The highest BCUT2D eigenvalue weighted by Gasteiger charge is 2.30. The van der Waals surface area contributed by atoms with Crippen LogP contribution in [0.3, 0.4) is 0 Å². The van der Waals surface area contributed by atoms with E-state index in [0.717, 1.165) is 0 Å². The van der Waals surface area contributed by atoms with E-state index in [1.54, 1.807) is 0 Å². The van der Waals surface area contributed by atoms with E-state index in [0.29, 0.717) is 24.3 Å². The predicted octanol–water partition coefficient (Wildman–Crippen LogP) is 7.32. The zero-order valence-corrected chi connectivity index (χ0v) is 21.5. The summed E-state index contributed by atoms with van der Waals surface area (Å²) >= 11 is 0. The molecule has 0 amide bonds. The zero-order valence-electron chi connectivity index (χ0n) is 19.9. The summed E-state index contributed by atoms with van der Waals surface area (Å²) in [5.74, 6) is 0. The van der Waals surface area contributed by atoms with Crippen molar-refractivity contribution < 1.29 is 26.1 Å². The van der Waals surface area contributed by atoms with E-state index >= 15 is 0 Å². The van der Waals surface area contributed by atoms with Gasteiger partial charge >= 0.3 is 6.18 Å². The summed E-state index contributed by atoms with van der Waals surface area (Å²) in [6, 6.07) is 29.2. The fourth-order valence-corrected chi connectivity index (χ4v) is 5.75. The molecule has 0 fully saturated rings. The molecule has 0 aliphatic heterocycles. The quantitative estimate of drug-likeness (QED) is 0.205. The molecule has 8 heteroatoms. The Labute approximate surface area is 212 Å². The molecular weight excluding hydrogens is 505 g/mol. The Bertz CT molecular complexity index is 1270. The van der Waals surface area contributed by atoms with Crippen molar-refractivity contribution in [1.82, 2.24) is 0 Å². The smallest absolute Gasteiger partial charge is 0.416 e. The van der Waals surface area contributed by atoms with E-state index in [9.17, 15) is 26.1 Å².